The summed E-state index contributed by atoms with van der Waals surface area (Å²) in [6, 6.07) is 5.34. The molecule has 2 N–H and O–H groups in total. The Bertz CT molecular complexity index is 493. The summed E-state index contributed by atoms with van der Waals surface area (Å²) in [6.45, 7) is 0.916. The predicted octanol–water partition coefficient (Wildman–Crippen LogP) is 2.56. The zero-order chi connectivity index (χ0) is 12.8. The van der Waals surface area contributed by atoms with E-state index in [2.05, 4.69) is 17.3 Å². The number of carboxylic acid groups (broad SMARTS) is 1. The van der Waals surface area contributed by atoms with E-state index >= 15 is 0 Å². The van der Waals surface area contributed by atoms with Gasteiger partial charge in [-0.05, 0) is 31.0 Å². The van der Waals surface area contributed by atoms with Crippen LogP contribution < -0.4 is 10.2 Å². The van der Waals surface area contributed by atoms with Crippen LogP contribution in [-0.4, -0.2) is 30.2 Å². The normalized spacial score (nSPS) is 20.6. The first-order valence-electron chi connectivity index (χ1n) is 6.47. The monoisotopic (exact) mass is 246 g/mol. The van der Waals surface area contributed by atoms with Gasteiger partial charge in [-0.2, -0.15) is 0 Å². The smallest absolute Gasteiger partial charge is 0.335 e. The summed E-state index contributed by atoms with van der Waals surface area (Å²) in [5, 5.41) is 12.4. The highest BCUT2D eigenvalue weighted by Crippen LogP contribution is 2.43. The zero-order valence-electron chi connectivity index (χ0n) is 10.6. The molecule has 1 spiro atoms. The second-order valence-electron chi connectivity index (χ2n) is 5.38. The SMILES string of the molecule is CN1c2ccc(C(=O)O)cc2NCC12CCCC2. The Kier molecular flexibility index (Phi) is 2.47. The van der Waals surface area contributed by atoms with Crippen molar-refractivity contribution in [1.82, 2.24) is 0 Å². The molecule has 1 fully saturated rings. The fourth-order valence-electron chi connectivity index (χ4n) is 3.28. The minimum absolute atomic E-state index is 0.234. The predicted molar refractivity (Wildman–Crippen MR) is 71.5 cm³/mol. The third-order valence-electron chi connectivity index (χ3n) is 4.46. The molecule has 1 aliphatic carbocycles. The molecule has 1 aromatic carbocycles. The average Bonchev–Trinajstić information content (AvgIpc) is 2.83. The largest absolute Gasteiger partial charge is 0.478 e. The average molecular weight is 246 g/mol. The summed E-state index contributed by atoms with van der Waals surface area (Å²) in [6.07, 6.45) is 5.01. The fourth-order valence-corrected chi connectivity index (χ4v) is 3.28. The summed E-state index contributed by atoms with van der Waals surface area (Å²) in [5.41, 5.74) is 2.64. The third kappa shape index (κ3) is 1.55. The Labute approximate surface area is 107 Å². The Morgan fingerprint density at radius 2 is 2.11 bits per heavy atom. The third-order valence-corrected chi connectivity index (χ3v) is 4.46. The van der Waals surface area contributed by atoms with Gasteiger partial charge < -0.3 is 15.3 Å². The van der Waals surface area contributed by atoms with Crippen LogP contribution in [0.5, 0.6) is 0 Å². The minimum atomic E-state index is -0.872. The first kappa shape index (κ1) is 11.4. The molecular weight excluding hydrogens is 228 g/mol. The van der Waals surface area contributed by atoms with Gasteiger partial charge in [0, 0.05) is 13.6 Å². The van der Waals surface area contributed by atoms with Crippen LogP contribution in [0, 0.1) is 0 Å². The maximum Gasteiger partial charge on any atom is 0.335 e. The molecular formula is C14H18N2O2. The summed E-state index contributed by atoms with van der Waals surface area (Å²) >= 11 is 0. The van der Waals surface area contributed by atoms with Crippen molar-refractivity contribution in [3.63, 3.8) is 0 Å². The molecule has 4 nitrogen and oxygen atoms in total. The van der Waals surface area contributed by atoms with E-state index in [4.69, 9.17) is 5.11 Å². The van der Waals surface area contributed by atoms with Crippen molar-refractivity contribution in [2.45, 2.75) is 31.2 Å². The molecule has 1 aromatic rings. The lowest BCUT2D eigenvalue weighted by Crippen LogP contribution is -2.52. The van der Waals surface area contributed by atoms with Crippen LogP contribution in [0.25, 0.3) is 0 Å². The highest BCUT2D eigenvalue weighted by Gasteiger charge is 2.41. The van der Waals surface area contributed by atoms with Crippen molar-refractivity contribution in [2.75, 3.05) is 23.8 Å². The quantitative estimate of drug-likeness (QED) is 0.799. The van der Waals surface area contributed by atoms with Crippen LogP contribution in [-0.2, 0) is 0 Å². The van der Waals surface area contributed by atoms with E-state index in [-0.39, 0.29) is 5.54 Å². The molecule has 18 heavy (non-hydrogen) atoms. The number of benzene rings is 1. The van der Waals surface area contributed by atoms with Gasteiger partial charge in [0.1, 0.15) is 0 Å². The fraction of sp³-hybridized carbons (Fsp3) is 0.500. The van der Waals surface area contributed by atoms with Gasteiger partial charge in [0.25, 0.3) is 0 Å². The number of fused-ring (bicyclic) bond motifs is 1. The van der Waals surface area contributed by atoms with E-state index in [1.165, 1.54) is 25.7 Å². The van der Waals surface area contributed by atoms with Crippen molar-refractivity contribution in [3.8, 4) is 0 Å². The van der Waals surface area contributed by atoms with Crippen molar-refractivity contribution >= 4 is 17.3 Å². The first-order valence-corrected chi connectivity index (χ1v) is 6.47. The van der Waals surface area contributed by atoms with E-state index in [9.17, 15) is 4.79 Å². The van der Waals surface area contributed by atoms with Crippen molar-refractivity contribution < 1.29 is 9.90 Å². The summed E-state index contributed by atoms with van der Waals surface area (Å²) in [7, 11) is 2.13. The number of nitrogens with one attached hydrogen (secondary N) is 1. The van der Waals surface area contributed by atoms with E-state index in [1.54, 1.807) is 12.1 Å². The van der Waals surface area contributed by atoms with E-state index in [0.29, 0.717) is 5.56 Å². The Hall–Kier alpha value is -1.71. The second kappa shape index (κ2) is 3.90. The molecule has 2 aliphatic rings. The molecule has 0 amide bonds. The number of aromatic carboxylic acids is 1. The van der Waals surface area contributed by atoms with Crippen molar-refractivity contribution in [3.05, 3.63) is 23.8 Å². The molecule has 0 bridgehead atoms. The maximum absolute atomic E-state index is 11.0. The molecule has 3 rings (SSSR count). The lowest BCUT2D eigenvalue weighted by Gasteiger charge is -2.45. The van der Waals surface area contributed by atoms with Crippen LogP contribution in [0.2, 0.25) is 0 Å². The molecule has 0 radical (unpaired) electrons. The van der Waals surface area contributed by atoms with E-state index in [0.717, 1.165) is 17.9 Å². The molecule has 0 atom stereocenters. The number of nitrogens with zero attached hydrogens (tertiary/aromatic N) is 1. The summed E-state index contributed by atoms with van der Waals surface area (Å²) in [5.74, 6) is -0.872. The Morgan fingerprint density at radius 1 is 1.39 bits per heavy atom. The van der Waals surface area contributed by atoms with Crippen molar-refractivity contribution in [1.29, 1.82) is 0 Å². The van der Waals surface area contributed by atoms with Gasteiger partial charge in [0.2, 0.25) is 0 Å². The highest BCUT2D eigenvalue weighted by molar-refractivity contribution is 5.91. The summed E-state index contributed by atoms with van der Waals surface area (Å²) < 4.78 is 0. The van der Waals surface area contributed by atoms with Gasteiger partial charge in [-0.15, -0.1) is 0 Å². The summed E-state index contributed by atoms with van der Waals surface area (Å²) in [4.78, 5) is 13.3. The van der Waals surface area contributed by atoms with Gasteiger partial charge in [0.15, 0.2) is 0 Å². The van der Waals surface area contributed by atoms with Gasteiger partial charge in [-0.3, -0.25) is 0 Å². The molecule has 0 unspecified atom stereocenters. The molecule has 1 heterocycles. The number of hydrogen-bond donors (Lipinski definition) is 2. The van der Waals surface area contributed by atoms with Gasteiger partial charge >= 0.3 is 5.97 Å². The molecule has 1 saturated carbocycles. The van der Waals surface area contributed by atoms with Crippen LogP contribution >= 0.6 is 0 Å². The lowest BCUT2D eigenvalue weighted by atomic mass is 9.91. The number of hydrogen-bond acceptors (Lipinski definition) is 3. The number of carbonyl (C=O) groups is 1. The van der Waals surface area contributed by atoms with Crippen LogP contribution in [0.4, 0.5) is 11.4 Å². The zero-order valence-corrected chi connectivity index (χ0v) is 10.6. The topological polar surface area (TPSA) is 52.6 Å². The Morgan fingerprint density at radius 3 is 2.78 bits per heavy atom. The standard InChI is InChI=1S/C14H18N2O2/c1-16-12-5-4-10(13(17)18)8-11(12)15-9-14(16)6-2-3-7-14/h4-5,8,15H,2-3,6-7,9H2,1H3,(H,17,18). The molecule has 1 aliphatic heterocycles. The Balaban J connectivity index is 1.99. The van der Waals surface area contributed by atoms with Gasteiger partial charge in [-0.25, -0.2) is 4.79 Å². The molecule has 96 valence electrons. The second-order valence-corrected chi connectivity index (χ2v) is 5.38. The van der Waals surface area contributed by atoms with Crippen LogP contribution in [0.1, 0.15) is 36.0 Å². The van der Waals surface area contributed by atoms with Gasteiger partial charge in [-0.1, -0.05) is 12.8 Å². The lowest BCUT2D eigenvalue weighted by molar-refractivity contribution is 0.0697. The number of carboxylic acids is 1. The molecule has 4 heteroatoms. The maximum atomic E-state index is 11.0. The van der Waals surface area contributed by atoms with Gasteiger partial charge in [0.05, 0.1) is 22.5 Å². The van der Waals surface area contributed by atoms with Crippen LogP contribution in [0.3, 0.4) is 0 Å². The molecule has 0 aromatic heterocycles. The number of likely N-dealkylation sites (N-methyl/N-ethyl adjacent to an activating group) is 1. The highest BCUT2D eigenvalue weighted by atomic mass is 16.4. The first-order chi connectivity index (χ1) is 8.62. The van der Waals surface area contributed by atoms with E-state index in [1.807, 2.05) is 6.07 Å². The van der Waals surface area contributed by atoms with E-state index < -0.39 is 5.97 Å². The van der Waals surface area contributed by atoms with Crippen molar-refractivity contribution in [2.24, 2.45) is 0 Å². The molecule has 0 saturated heterocycles. The minimum Gasteiger partial charge on any atom is -0.478 e. The number of anilines is 2. The van der Waals surface area contributed by atoms with Crippen LogP contribution in [0.15, 0.2) is 18.2 Å². The number of rotatable bonds is 1.